The van der Waals surface area contributed by atoms with Gasteiger partial charge in [-0.05, 0) is 19.8 Å². The molecule has 0 saturated carbocycles. The normalized spacial score (nSPS) is 20.1. The van der Waals surface area contributed by atoms with Crippen molar-refractivity contribution in [2.24, 2.45) is 5.92 Å². The van der Waals surface area contributed by atoms with E-state index >= 15 is 0 Å². The molecule has 2 rings (SSSR count). The van der Waals surface area contributed by atoms with E-state index < -0.39 is 11.9 Å². The molecule has 1 unspecified atom stereocenters. The minimum Gasteiger partial charge on any atom is -0.468 e. The fourth-order valence-electron chi connectivity index (χ4n) is 2.04. The standard InChI is InChI=1S/C11H13NO4/c1-6-9-8(16-12-6)5-3-4-7(10(9)13)11(14)15-2/h7H,3-5H2,1-2H3. The van der Waals surface area contributed by atoms with Gasteiger partial charge in [0, 0.05) is 6.42 Å². The van der Waals surface area contributed by atoms with Crippen LogP contribution in [0.1, 0.15) is 34.7 Å². The minimum atomic E-state index is -0.704. The summed E-state index contributed by atoms with van der Waals surface area (Å²) in [4.78, 5) is 23.6. The maximum absolute atomic E-state index is 12.1. The predicted octanol–water partition coefficient (Wildman–Crippen LogP) is 1.29. The Labute approximate surface area is 92.7 Å². The second kappa shape index (κ2) is 4.08. The average molecular weight is 223 g/mol. The number of methoxy groups -OCH3 is 1. The number of nitrogens with zero attached hydrogens (tertiary/aromatic N) is 1. The lowest BCUT2D eigenvalue weighted by molar-refractivity contribution is -0.143. The van der Waals surface area contributed by atoms with Crippen molar-refractivity contribution in [2.75, 3.05) is 7.11 Å². The van der Waals surface area contributed by atoms with Crippen LogP contribution >= 0.6 is 0 Å². The molecule has 0 N–H and O–H groups in total. The number of aromatic nitrogens is 1. The lowest BCUT2D eigenvalue weighted by Gasteiger charge is -2.09. The van der Waals surface area contributed by atoms with Gasteiger partial charge in [-0.2, -0.15) is 0 Å². The molecule has 1 aromatic rings. The molecule has 5 nitrogen and oxygen atoms in total. The Bertz CT molecular complexity index is 435. The predicted molar refractivity (Wildman–Crippen MR) is 54.0 cm³/mol. The zero-order chi connectivity index (χ0) is 11.7. The van der Waals surface area contributed by atoms with E-state index in [2.05, 4.69) is 9.89 Å². The molecule has 0 radical (unpaired) electrons. The molecule has 1 heterocycles. The van der Waals surface area contributed by atoms with E-state index in [1.54, 1.807) is 6.92 Å². The quantitative estimate of drug-likeness (QED) is 0.407. The lowest BCUT2D eigenvalue weighted by atomic mass is 9.96. The molecule has 0 spiro atoms. The third-order valence-corrected chi connectivity index (χ3v) is 2.88. The Hall–Kier alpha value is -1.65. The van der Waals surface area contributed by atoms with Gasteiger partial charge in [-0.1, -0.05) is 5.16 Å². The number of ketones is 1. The number of hydrogen-bond acceptors (Lipinski definition) is 5. The molecule has 1 aromatic heterocycles. The molecule has 5 heteroatoms. The van der Waals surface area contributed by atoms with Gasteiger partial charge >= 0.3 is 5.97 Å². The second-order valence-corrected chi connectivity index (χ2v) is 3.90. The molecule has 1 atom stereocenters. The molecule has 0 amide bonds. The Balaban J connectivity index is 2.39. The number of fused-ring (bicyclic) bond motifs is 1. The largest absolute Gasteiger partial charge is 0.468 e. The SMILES string of the molecule is COC(=O)C1CCCc2onc(C)c2C1=O. The summed E-state index contributed by atoms with van der Waals surface area (Å²) in [5.41, 5.74) is 1.02. The highest BCUT2D eigenvalue weighted by Gasteiger charge is 2.35. The second-order valence-electron chi connectivity index (χ2n) is 3.90. The van der Waals surface area contributed by atoms with Crippen molar-refractivity contribution in [1.29, 1.82) is 0 Å². The first-order valence-corrected chi connectivity index (χ1v) is 5.22. The monoisotopic (exact) mass is 223 g/mol. The number of carbonyl (C=O) groups excluding carboxylic acids is 2. The van der Waals surface area contributed by atoms with Crippen LogP contribution in [0, 0.1) is 12.8 Å². The number of carbonyl (C=O) groups is 2. The molecule has 0 saturated heterocycles. The van der Waals surface area contributed by atoms with E-state index in [1.165, 1.54) is 7.11 Å². The maximum Gasteiger partial charge on any atom is 0.316 e. The van der Waals surface area contributed by atoms with E-state index in [0.29, 0.717) is 29.9 Å². The van der Waals surface area contributed by atoms with Crippen molar-refractivity contribution in [1.82, 2.24) is 5.16 Å². The van der Waals surface area contributed by atoms with Crippen LogP contribution in [-0.2, 0) is 16.0 Å². The molecular formula is C11H13NO4. The van der Waals surface area contributed by atoms with Gasteiger partial charge < -0.3 is 9.26 Å². The molecule has 0 fully saturated rings. The fraction of sp³-hybridized carbons (Fsp3) is 0.545. The molecular weight excluding hydrogens is 210 g/mol. The van der Waals surface area contributed by atoms with Crippen LogP contribution in [-0.4, -0.2) is 24.0 Å². The summed E-state index contributed by atoms with van der Waals surface area (Å²) in [5, 5.41) is 3.76. The van der Waals surface area contributed by atoms with Crippen LogP contribution in [0.15, 0.2) is 4.52 Å². The van der Waals surface area contributed by atoms with Crippen LogP contribution in [0.25, 0.3) is 0 Å². The number of ether oxygens (including phenoxy) is 1. The summed E-state index contributed by atoms with van der Waals surface area (Å²) >= 11 is 0. The Morgan fingerprint density at radius 2 is 2.31 bits per heavy atom. The Morgan fingerprint density at radius 1 is 1.56 bits per heavy atom. The number of esters is 1. The van der Waals surface area contributed by atoms with Gasteiger partial charge in [-0.15, -0.1) is 0 Å². The maximum atomic E-state index is 12.1. The smallest absolute Gasteiger partial charge is 0.316 e. The van der Waals surface area contributed by atoms with E-state index in [0.717, 1.165) is 6.42 Å². The molecule has 1 aliphatic rings. The van der Waals surface area contributed by atoms with Gasteiger partial charge in [0.15, 0.2) is 5.78 Å². The zero-order valence-electron chi connectivity index (χ0n) is 9.28. The van der Waals surface area contributed by atoms with Crippen molar-refractivity contribution >= 4 is 11.8 Å². The molecule has 16 heavy (non-hydrogen) atoms. The van der Waals surface area contributed by atoms with E-state index in [4.69, 9.17) is 4.52 Å². The van der Waals surface area contributed by atoms with Crippen molar-refractivity contribution in [2.45, 2.75) is 26.2 Å². The van der Waals surface area contributed by atoms with Gasteiger partial charge in [-0.25, -0.2) is 0 Å². The van der Waals surface area contributed by atoms with Gasteiger partial charge in [0.2, 0.25) is 0 Å². The molecule has 1 aliphatic carbocycles. The van der Waals surface area contributed by atoms with Crippen LogP contribution in [0.4, 0.5) is 0 Å². The van der Waals surface area contributed by atoms with Crippen LogP contribution in [0.2, 0.25) is 0 Å². The highest BCUT2D eigenvalue weighted by Crippen LogP contribution is 2.27. The summed E-state index contributed by atoms with van der Waals surface area (Å²) < 4.78 is 9.71. The molecule has 0 aliphatic heterocycles. The summed E-state index contributed by atoms with van der Waals surface area (Å²) in [5.74, 6) is -0.810. The third kappa shape index (κ3) is 1.62. The van der Waals surface area contributed by atoms with Crippen LogP contribution < -0.4 is 0 Å². The van der Waals surface area contributed by atoms with Crippen molar-refractivity contribution < 1.29 is 18.8 Å². The third-order valence-electron chi connectivity index (χ3n) is 2.88. The first kappa shape index (κ1) is 10.9. The molecule has 86 valence electrons. The van der Waals surface area contributed by atoms with E-state index in [1.807, 2.05) is 0 Å². The lowest BCUT2D eigenvalue weighted by Crippen LogP contribution is -2.25. The highest BCUT2D eigenvalue weighted by atomic mass is 16.5. The summed E-state index contributed by atoms with van der Waals surface area (Å²) in [6.07, 6.45) is 1.89. The number of rotatable bonds is 1. The highest BCUT2D eigenvalue weighted by molar-refractivity contribution is 6.09. The number of aryl methyl sites for hydroxylation is 2. The van der Waals surface area contributed by atoms with Crippen molar-refractivity contribution in [3.63, 3.8) is 0 Å². The molecule has 0 aromatic carbocycles. The van der Waals surface area contributed by atoms with E-state index in [9.17, 15) is 9.59 Å². The topological polar surface area (TPSA) is 69.4 Å². The Morgan fingerprint density at radius 3 is 3.00 bits per heavy atom. The van der Waals surface area contributed by atoms with Crippen molar-refractivity contribution in [3.05, 3.63) is 17.0 Å². The summed E-state index contributed by atoms with van der Waals surface area (Å²) in [7, 11) is 1.29. The zero-order valence-corrected chi connectivity index (χ0v) is 9.28. The van der Waals surface area contributed by atoms with Gasteiger partial charge in [0.25, 0.3) is 0 Å². The van der Waals surface area contributed by atoms with E-state index in [-0.39, 0.29) is 5.78 Å². The number of hydrogen-bond donors (Lipinski definition) is 0. The summed E-state index contributed by atoms with van der Waals surface area (Å²) in [6.45, 7) is 1.71. The fourth-order valence-corrected chi connectivity index (χ4v) is 2.04. The Kier molecular flexibility index (Phi) is 2.77. The summed E-state index contributed by atoms with van der Waals surface area (Å²) in [6, 6.07) is 0. The van der Waals surface area contributed by atoms with Gasteiger partial charge in [0.1, 0.15) is 11.7 Å². The first-order valence-electron chi connectivity index (χ1n) is 5.22. The van der Waals surface area contributed by atoms with Crippen molar-refractivity contribution in [3.8, 4) is 0 Å². The van der Waals surface area contributed by atoms with Gasteiger partial charge in [0.05, 0.1) is 18.4 Å². The molecule has 0 bridgehead atoms. The van der Waals surface area contributed by atoms with Crippen LogP contribution in [0.3, 0.4) is 0 Å². The first-order chi connectivity index (χ1) is 7.65. The minimum absolute atomic E-state index is 0.224. The average Bonchev–Trinajstić information content (AvgIpc) is 2.55. The number of Topliss-reactive ketones (excluding diaryl/α,β-unsaturated/α-hetero) is 1. The van der Waals surface area contributed by atoms with Gasteiger partial charge in [-0.3, -0.25) is 9.59 Å². The van der Waals surface area contributed by atoms with Crippen LogP contribution in [0.5, 0.6) is 0 Å².